The molecule has 0 N–H and O–H groups in total. The molecule has 1 unspecified atom stereocenters. The third-order valence-electron chi connectivity index (χ3n) is 2.73. The summed E-state index contributed by atoms with van der Waals surface area (Å²) < 4.78 is 53.2. The SMILES string of the molecule is CS(=O)(=O)OC1CCc2cc(F)cc(F)c2C1. The van der Waals surface area contributed by atoms with Crippen LogP contribution in [-0.2, 0) is 27.1 Å². The zero-order valence-corrected chi connectivity index (χ0v) is 10.1. The Morgan fingerprint density at radius 3 is 2.71 bits per heavy atom. The number of aryl methyl sites for hydroxylation is 1. The lowest BCUT2D eigenvalue weighted by Gasteiger charge is -2.24. The quantitative estimate of drug-likeness (QED) is 0.763. The zero-order chi connectivity index (χ0) is 12.6. The Morgan fingerprint density at radius 1 is 1.35 bits per heavy atom. The van der Waals surface area contributed by atoms with Gasteiger partial charge >= 0.3 is 0 Å². The third-order valence-corrected chi connectivity index (χ3v) is 3.35. The molecule has 1 aromatic rings. The fourth-order valence-corrected chi connectivity index (χ4v) is 2.74. The van der Waals surface area contributed by atoms with E-state index in [-0.39, 0.29) is 6.42 Å². The number of fused-ring (bicyclic) bond motifs is 1. The summed E-state index contributed by atoms with van der Waals surface area (Å²) >= 11 is 0. The van der Waals surface area contributed by atoms with Crippen molar-refractivity contribution in [2.24, 2.45) is 0 Å². The molecule has 1 aliphatic carbocycles. The lowest BCUT2D eigenvalue weighted by molar-refractivity contribution is 0.192. The predicted molar refractivity (Wildman–Crippen MR) is 58.1 cm³/mol. The average Bonchev–Trinajstić information content (AvgIpc) is 2.16. The molecule has 1 atom stereocenters. The normalized spacial score (nSPS) is 20.1. The van der Waals surface area contributed by atoms with Crippen LogP contribution < -0.4 is 0 Å². The van der Waals surface area contributed by atoms with Crippen LogP contribution in [0.3, 0.4) is 0 Å². The van der Waals surface area contributed by atoms with E-state index >= 15 is 0 Å². The third kappa shape index (κ3) is 3.01. The Morgan fingerprint density at radius 2 is 2.06 bits per heavy atom. The maximum absolute atomic E-state index is 13.5. The van der Waals surface area contributed by atoms with Crippen molar-refractivity contribution in [1.82, 2.24) is 0 Å². The van der Waals surface area contributed by atoms with Crippen LogP contribution in [0.25, 0.3) is 0 Å². The first-order chi connectivity index (χ1) is 7.85. The molecule has 6 heteroatoms. The minimum absolute atomic E-state index is 0.161. The van der Waals surface area contributed by atoms with E-state index < -0.39 is 27.9 Å². The molecule has 0 saturated heterocycles. The number of hydrogen-bond donors (Lipinski definition) is 0. The van der Waals surface area contributed by atoms with Gasteiger partial charge in [0.15, 0.2) is 0 Å². The van der Waals surface area contributed by atoms with Gasteiger partial charge in [-0.25, -0.2) is 8.78 Å². The van der Waals surface area contributed by atoms with Crippen LogP contribution in [0.5, 0.6) is 0 Å². The first-order valence-corrected chi connectivity index (χ1v) is 7.02. The number of hydrogen-bond acceptors (Lipinski definition) is 3. The van der Waals surface area contributed by atoms with Crippen LogP contribution in [0.1, 0.15) is 17.5 Å². The number of benzene rings is 1. The van der Waals surface area contributed by atoms with E-state index in [1.807, 2.05) is 0 Å². The molecular formula is C11H12F2O3S. The summed E-state index contributed by atoms with van der Waals surface area (Å²) in [5.74, 6) is -1.24. The van der Waals surface area contributed by atoms with E-state index in [0.717, 1.165) is 12.3 Å². The highest BCUT2D eigenvalue weighted by molar-refractivity contribution is 7.86. The van der Waals surface area contributed by atoms with Gasteiger partial charge in [-0.2, -0.15) is 8.42 Å². The van der Waals surface area contributed by atoms with E-state index in [2.05, 4.69) is 0 Å². The minimum Gasteiger partial charge on any atom is -0.267 e. The molecule has 0 aromatic heterocycles. The molecule has 0 bridgehead atoms. The van der Waals surface area contributed by atoms with Gasteiger partial charge in [-0.05, 0) is 30.0 Å². The second-order valence-corrected chi connectivity index (χ2v) is 5.79. The second kappa shape index (κ2) is 4.34. The van der Waals surface area contributed by atoms with Gasteiger partial charge in [-0.1, -0.05) is 0 Å². The Hall–Kier alpha value is -1.01. The van der Waals surface area contributed by atoms with Crippen molar-refractivity contribution < 1.29 is 21.4 Å². The second-order valence-electron chi connectivity index (χ2n) is 4.19. The first-order valence-electron chi connectivity index (χ1n) is 5.20. The molecule has 0 heterocycles. The molecule has 0 fully saturated rings. The lowest BCUT2D eigenvalue weighted by Crippen LogP contribution is -2.26. The van der Waals surface area contributed by atoms with Crippen molar-refractivity contribution in [2.75, 3.05) is 6.26 Å². The standard InChI is InChI=1S/C11H12F2O3S/c1-17(14,15)16-9-3-2-7-4-8(12)5-11(13)10(7)6-9/h4-5,9H,2-3,6H2,1H3. The minimum atomic E-state index is -3.54. The monoisotopic (exact) mass is 262 g/mol. The predicted octanol–water partition coefficient (Wildman–Crippen LogP) is 1.80. The Bertz CT molecular complexity index is 540. The molecular weight excluding hydrogens is 250 g/mol. The van der Waals surface area contributed by atoms with E-state index in [0.29, 0.717) is 24.0 Å². The smallest absolute Gasteiger partial charge is 0.264 e. The van der Waals surface area contributed by atoms with Crippen molar-refractivity contribution in [1.29, 1.82) is 0 Å². The van der Waals surface area contributed by atoms with Crippen LogP contribution >= 0.6 is 0 Å². The van der Waals surface area contributed by atoms with Gasteiger partial charge in [0.25, 0.3) is 10.1 Å². The molecule has 0 amide bonds. The molecule has 0 aliphatic heterocycles. The van der Waals surface area contributed by atoms with Crippen molar-refractivity contribution in [3.05, 3.63) is 34.9 Å². The van der Waals surface area contributed by atoms with E-state index in [9.17, 15) is 17.2 Å². The van der Waals surface area contributed by atoms with Crippen LogP contribution in [0.2, 0.25) is 0 Å². The summed E-state index contributed by atoms with van der Waals surface area (Å²) in [5, 5.41) is 0. The van der Waals surface area contributed by atoms with Gasteiger partial charge in [0, 0.05) is 12.5 Å². The van der Waals surface area contributed by atoms with Crippen LogP contribution in [0.4, 0.5) is 8.78 Å². The molecule has 0 saturated carbocycles. The Labute approximate surface area is 98.5 Å². The number of rotatable bonds is 2. The topological polar surface area (TPSA) is 43.4 Å². The summed E-state index contributed by atoms with van der Waals surface area (Å²) in [6.07, 6.45) is 1.43. The molecule has 1 aromatic carbocycles. The average molecular weight is 262 g/mol. The summed E-state index contributed by atoms with van der Waals surface area (Å²) in [6.45, 7) is 0. The zero-order valence-electron chi connectivity index (χ0n) is 9.24. The Balaban J connectivity index is 2.24. The molecule has 3 nitrogen and oxygen atoms in total. The van der Waals surface area contributed by atoms with Gasteiger partial charge < -0.3 is 0 Å². The van der Waals surface area contributed by atoms with E-state index in [1.165, 1.54) is 6.07 Å². The highest BCUT2D eigenvalue weighted by Gasteiger charge is 2.25. The van der Waals surface area contributed by atoms with Crippen molar-refractivity contribution in [3.8, 4) is 0 Å². The maximum Gasteiger partial charge on any atom is 0.264 e. The summed E-state index contributed by atoms with van der Waals surface area (Å²) in [6, 6.07) is 2.09. The summed E-state index contributed by atoms with van der Waals surface area (Å²) in [5.41, 5.74) is 0.946. The summed E-state index contributed by atoms with van der Waals surface area (Å²) in [7, 11) is -3.54. The first kappa shape index (κ1) is 12.4. The van der Waals surface area contributed by atoms with Crippen LogP contribution in [-0.4, -0.2) is 20.8 Å². The lowest BCUT2D eigenvalue weighted by atomic mass is 9.89. The van der Waals surface area contributed by atoms with Crippen molar-refractivity contribution in [3.63, 3.8) is 0 Å². The van der Waals surface area contributed by atoms with Gasteiger partial charge in [-0.3, -0.25) is 4.18 Å². The van der Waals surface area contributed by atoms with Crippen LogP contribution in [0.15, 0.2) is 12.1 Å². The Kier molecular flexibility index (Phi) is 3.18. The summed E-state index contributed by atoms with van der Waals surface area (Å²) in [4.78, 5) is 0. The number of halogens is 2. The van der Waals surface area contributed by atoms with Gasteiger partial charge in [0.2, 0.25) is 0 Å². The molecule has 94 valence electrons. The molecule has 1 aliphatic rings. The maximum atomic E-state index is 13.5. The molecule has 0 radical (unpaired) electrons. The fourth-order valence-electron chi connectivity index (χ4n) is 2.08. The highest BCUT2D eigenvalue weighted by atomic mass is 32.2. The van der Waals surface area contributed by atoms with Gasteiger partial charge in [0.1, 0.15) is 11.6 Å². The fraction of sp³-hybridized carbons (Fsp3) is 0.455. The van der Waals surface area contributed by atoms with Gasteiger partial charge in [-0.15, -0.1) is 0 Å². The van der Waals surface area contributed by atoms with Crippen molar-refractivity contribution >= 4 is 10.1 Å². The van der Waals surface area contributed by atoms with Crippen LogP contribution in [0, 0.1) is 11.6 Å². The van der Waals surface area contributed by atoms with E-state index in [1.54, 1.807) is 0 Å². The largest absolute Gasteiger partial charge is 0.267 e. The van der Waals surface area contributed by atoms with Gasteiger partial charge in [0.05, 0.1) is 12.4 Å². The highest BCUT2D eigenvalue weighted by Crippen LogP contribution is 2.27. The molecule has 2 rings (SSSR count). The molecule has 17 heavy (non-hydrogen) atoms. The van der Waals surface area contributed by atoms with E-state index in [4.69, 9.17) is 4.18 Å². The molecule has 0 spiro atoms. The van der Waals surface area contributed by atoms with Crippen molar-refractivity contribution in [2.45, 2.75) is 25.4 Å².